The van der Waals surface area contributed by atoms with Crippen molar-refractivity contribution in [3.05, 3.63) is 30.0 Å². The van der Waals surface area contributed by atoms with Crippen LogP contribution in [0.2, 0.25) is 0 Å². The van der Waals surface area contributed by atoms with E-state index in [0.717, 1.165) is 0 Å². The third-order valence-electron chi connectivity index (χ3n) is 1.42. The third kappa shape index (κ3) is 4.07. The monoisotopic (exact) mass is 269 g/mol. The molecule has 0 fully saturated rings. The van der Waals surface area contributed by atoms with Crippen molar-refractivity contribution in [3.63, 3.8) is 0 Å². The molecule has 0 bridgehead atoms. The Bertz CT molecular complexity index is 322. The van der Waals surface area contributed by atoms with E-state index in [1.807, 2.05) is 0 Å². The molecule has 0 atom stereocenters. The first-order valence-corrected chi connectivity index (χ1v) is 5.16. The molecule has 0 unspecified atom stereocenters. The summed E-state index contributed by atoms with van der Waals surface area (Å²) in [7, 11) is 0. The van der Waals surface area contributed by atoms with Gasteiger partial charge in [0.1, 0.15) is 0 Å². The molecule has 0 radical (unpaired) electrons. The summed E-state index contributed by atoms with van der Waals surface area (Å²) in [6.07, 6.45) is 3.46. The number of halogens is 1. The molecule has 0 saturated carbocycles. The predicted octanol–water partition coefficient (Wildman–Crippen LogP) is 1.83. The minimum atomic E-state index is 0.482. The highest BCUT2D eigenvalue weighted by atomic mass is 79.9. The molecule has 6 heteroatoms. The SMILES string of the molecule is C=CCNc1nc(Br)nc(NCC=C)n1. The second-order valence-electron chi connectivity index (χ2n) is 2.59. The van der Waals surface area contributed by atoms with Crippen LogP contribution in [-0.2, 0) is 0 Å². The molecule has 0 spiro atoms. The van der Waals surface area contributed by atoms with Gasteiger partial charge in [0.15, 0.2) is 0 Å². The van der Waals surface area contributed by atoms with Crippen LogP contribution in [0.5, 0.6) is 0 Å². The second kappa shape index (κ2) is 6.13. The Morgan fingerprint density at radius 1 is 1.00 bits per heavy atom. The molecule has 0 amide bonds. The van der Waals surface area contributed by atoms with Crippen molar-refractivity contribution < 1.29 is 0 Å². The first kappa shape index (κ1) is 11.6. The number of nitrogens with zero attached hydrogens (tertiary/aromatic N) is 3. The Hall–Kier alpha value is -1.43. The minimum absolute atomic E-state index is 0.482. The molecule has 0 saturated heterocycles. The predicted molar refractivity (Wildman–Crippen MR) is 64.9 cm³/mol. The van der Waals surface area contributed by atoms with Crippen LogP contribution in [0.4, 0.5) is 11.9 Å². The number of rotatable bonds is 6. The fraction of sp³-hybridized carbons (Fsp3) is 0.222. The average molecular weight is 270 g/mol. The van der Waals surface area contributed by atoms with Crippen LogP contribution in [0.25, 0.3) is 0 Å². The number of anilines is 2. The topological polar surface area (TPSA) is 62.7 Å². The Morgan fingerprint density at radius 3 is 1.87 bits per heavy atom. The third-order valence-corrected chi connectivity index (χ3v) is 1.77. The van der Waals surface area contributed by atoms with E-state index >= 15 is 0 Å². The fourth-order valence-electron chi connectivity index (χ4n) is 0.835. The Balaban J connectivity index is 2.74. The molecule has 2 N–H and O–H groups in total. The molecule has 0 aliphatic carbocycles. The summed E-state index contributed by atoms with van der Waals surface area (Å²) < 4.78 is 0.482. The molecule has 1 heterocycles. The Kier molecular flexibility index (Phi) is 4.76. The van der Waals surface area contributed by atoms with Crippen LogP contribution in [0.15, 0.2) is 30.0 Å². The zero-order valence-corrected chi connectivity index (χ0v) is 9.79. The van der Waals surface area contributed by atoms with Crippen LogP contribution < -0.4 is 10.6 Å². The molecule has 80 valence electrons. The lowest BCUT2D eigenvalue weighted by Crippen LogP contribution is -2.09. The van der Waals surface area contributed by atoms with E-state index in [-0.39, 0.29) is 0 Å². The van der Waals surface area contributed by atoms with Crippen LogP contribution in [0.3, 0.4) is 0 Å². The van der Waals surface area contributed by atoms with E-state index in [1.165, 1.54) is 0 Å². The number of hydrogen-bond acceptors (Lipinski definition) is 5. The maximum atomic E-state index is 4.14. The van der Waals surface area contributed by atoms with Crippen LogP contribution in [0, 0.1) is 0 Å². The van der Waals surface area contributed by atoms with Crippen molar-refractivity contribution in [2.75, 3.05) is 23.7 Å². The highest BCUT2D eigenvalue weighted by Gasteiger charge is 2.02. The lowest BCUT2D eigenvalue weighted by Gasteiger charge is -2.05. The standard InChI is InChI=1S/C9H12BrN5/c1-3-5-11-8-13-7(10)14-9(15-8)12-6-4-2/h3-4H,1-2,5-6H2,(H2,11,12,13,14,15). The van der Waals surface area contributed by atoms with Gasteiger partial charge >= 0.3 is 0 Å². The number of hydrogen-bond donors (Lipinski definition) is 2. The molecule has 5 nitrogen and oxygen atoms in total. The van der Waals surface area contributed by atoms with E-state index in [4.69, 9.17) is 0 Å². The van der Waals surface area contributed by atoms with E-state index in [2.05, 4.69) is 54.7 Å². The summed E-state index contributed by atoms with van der Waals surface area (Å²) in [5, 5.41) is 5.95. The molecule has 0 aromatic carbocycles. The summed E-state index contributed by atoms with van der Waals surface area (Å²) in [5.41, 5.74) is 0. The lowest BCUT2D eigenvalue weighted by molar-refractivity contribution is 0.992. The van der Waals surface area contributed by atoms with Gasteiger partial charge in [-0.05, 0) is 15.9 Å². The molecule has 1 aromatic heterocycles. The Morgan fingerprint density at radius 2 is 1.47 bits per heavy atom. The maximum absolute atomic E-state index is 4.14. The van der Waals surface area contributed by atoms with Gasteiger partial charge in [0.05, 0.1) is 0 Å². The van der Waals surface area contributed by atoms with Crippen molar-refractivity contribution in [2.24, 2.45) is 0 Å². The second-order valence-corrected chi connectivity index (χ2v) is 3.30. The first-order chi connectivity index (χ1) is 7.26. The van der Waals surface area contributed by atoms with Gasteiger partial charge in [0, 0.05) is 13.1 Å². The molecule has 15 heavy (non-hydrogen) atoms. The molecule has 0 aliphatic heterocycles. The highest BCUT2D eigenvalue weighted by Crippen LogP contribution is 2.09. The summed E-state index contributed by atoms with van der Waals surface area (Å²) in [5.74, 6) is 1.01. The maximum Gasteiger partial charge on any atom is 0.228 e. The van der Waals surface area contributed by atoms with Crippen LogP contribution in [0.1, 0.15) is 0 Å². The van der Waals surface area contributed by atoms with Gasteiger partial charge in [-0.25, -0.2) is 0 Å². The largest absolute Gasteiger partial charge is 0.351 e. The number of aromatic nitrogens is 3. The van der Waals surface area contributed by atoms with Gasteiger partial charge in [-0.2, -0.15) is 15.0 Å². The molecule has 1 aromatic rings. The van der Waals surface area contributed by atoms with E-state index < -0.39 is 0 Å². The van der Waals surface area contributed by atoms with Crippen LogP contribution >= 0.6 is 15.9 Å². The van der Waals surface area contributed by atoms with Gasteiger partial charge < -0.3 is 10.6 Å². The quantitative estimate of drug-likeness (QED) is 0.772. The summed E-state index contributed by atoms with van der Waals surface area (Å²) in [4.78, 5) is 12.2. The van der Waals surface area contributed by atoms with Crippen molar-refractivity contribution in [2.45, 2.75) is 0 Å². The van der Waals surface area contributed by atoms with E-state index in [0.29, 0.717) is 29.7 Å². The van der Waals surface area contributed by atoms with Gasteiger partial charge in [0.2, 0.25) is 16.6 Å². The lowest BCUT2D eigenvalue weighted by atomic mass is 10.6. The molecular formula is C9H12BrN5. The van der Waals surface area contributed by atoms with Crippen molar-refractivity contribution in [3.8, 4) is 0 Å². The zero-order chi connectivity index (χ0) is 11.1. The van der Waals surface area contributed by atoms with Crippen molar-refractivity contribution in [1.29, 1.82) is 0 Å². The van der Waals surface area contributed by atoms with Crippen molar-refractivity contribution in [1.82, 2.24) is 15.0 Å². The van der Waals surface area contributed by atoms with E-state index in [9.17, 15) is 0 Å². The van der Waals surface area contributed by atoms with Gasteiger partial charge in [-0.3, -0.25) is 0 Å². The van der Waals surface area contributed by atoms with Gasteiger partial charge in [0.25, 0.3) is 0 Å². The minimum Gasteiger partial charge on any atom is -0.351 e. The summed E-state index contributed by atoms with van der Waals surface area (Å²) in [6.45, 7) is 8.41. The fourth-order valence-corrected chi connectivity index (χ4v) is 1.17. The highest BCUT2D eigenvalue weighted by molar-refractivity contribution is 9.10. The van der Waals surface area contributed by atoms with Gasteiger partial charge in [-0.1, -0.05) is 12.2 Å². The summed E-state index contributed by atoms with van der Waals surface area (Å²) in [6, 6.07) is 0. The molecule has 0 aliphatic rings. The first-order valence-electron chi connectivity index (χ1n) is 4.37. The average Bonchev–Trinajstić information content (AvgIpc) is 2.23. The van der Waals surface area contributed by atoms with Crippen molar-refractivity contribution >= 4 is 27.8 Å². The van der Waals surface area contributed by atoms with Gasteiger partial charge in [-0.15, -0.1) is 13.2 Å². The summed E-state index contributed by atoms with van der Waals surface area (Å²) >= 11 is 3.20. The normalized spacial score (nSPS) is 9.40. The molecule has 1 rings (SSSR count). The Labute approximate surface area is 96.9 Å². The smallest absolute Gasteiger partial charge is 0.228 e. The van der Waals surface area contributed by atoms with Crippen LogP contribution in [-0.4, -0.2) is 28.0 Å². The van der Waals surface area contributed by atoms with E-state index in [1.54, 1.807) is 12.2 Å². The molecular weight excluding hydrogens is 258 g/mol. The zero-order valence-electron chi connectivity index (χ0n) is 8.20. The number of nitrogens with one attached hydrogen (secondary N) is 2.